The maximum absolute atomic E-state index is 13.5. The number of ether oxygens (including phenoxy) is 2. The molecule has 0 saturated heterocycles. The quantitative estimate of drug-likeness (QED) is 0.894. The van der Waals surface area contributed by atoms with E-state index in [1.165, 1.54) is 12.1 Å². The molecule has 0 saturated carbocycles. The van der Waals surface area contributed by atoms with Crippen molar-refractivity contribution in [3.8, 4) is 11.5 Å². The normalized spacial score (nSPS) is 14.9. The molecule has 0 aliphatic carbocycles. The van der Waals surface area contributed by atoms with Gasteiger partial charge >= 0.3 is 0 Å². The summed E-state index contributed by atoms with van der Waals surface area (Å²) in [5.74, 6) is 0.865. The molecule has 0 aromatic heterocycles. The highest BCUT2D eigenvalue weighted by molar-refractivity contribution is 9.10. The Balaban J connectivity index is 2.02. The molecule has 0 spiro atoms. The lowest BCUT2D eigenvalue weighted by atomic mass is 9.99. The van der Waals surface area contributed by atoms with E-state index in [1.807, 2.05) is 0 Å². The first-order valence-electron chi connectivity index (χ1n) is 6.59. The second-order valence-corrected chi connectivity index (χ2v) is 5.84. The highest BCUT2D eigenvalue weighted by Gasteiger charge is 2.20. The molecule has 2 aromatic carbocycles. The molecule has 0 radical (unpaired) electrons. The molecule has 1 aliphatic rings. The molecular formula is C16H14BrFO3. The first-order valence-corrected chi connectivity index (χ1v) is 7.38. The number of aliphatic hydroxyl groups excluding tert-OH is 1. The maximum atomic E-state index is 13.5. The van der Waals surface area contributed by atoms with E-state index >= 15 is 0 Å². The Morgan fingerprint density at radius 3 is 2.43 bits per heavy atom. The maximum Gasteiger partial charge on any atom is 0.162 e. The van der Waals surface area contributed by atoms with E-state index in [9.17, 15) is 9.50 Å². The molecule has 110 valence electrons. The van der Waals surface area contributed by atoms with Crippen molar-refractivity contribution >= 4 is 15.9 Å². The van der Waals surface area contributed by atoms with Gasteiger partial charge in [0.2, 0.25) is 0 Å². The van der Waals surface area contributed by atoms with Gasteiger partial charge in [-0.3, -0.25) is 0 Å². The lowest BCUT2D eigenvalue weighted by molar-refractivity contribution is 0.169. The molecule has 1 heterocycles. The zero-order valence-corrected chi connectivity index (χ0v) is 13.0. The van der Waals surface area contributed by atoms with Crippen molar-refractivity contribution in [2.24, 2.45) is 0 Å². The van der Waals surface area contributed by atoms with Crippen molar-refractivity contribution in [2.45, 2.75) is 13.0 Å². The Morgan fingerprint density at radius 1 is 1.10 bits per heavy atom. The van der Waals surface area contributed by atoms with E-state index in [-0.39, 0.29) is 5.82 Å². The zero-order chi connectivity index (χ0) is 15.0. The van der Waals surface area contributed by atoms with Gasteiger partial charge in [0, 0.05) is 10.0 Å². The predicted molar refractivity (Wildman–Crippen MR) is 80.3 cm³/mol. The largest absolute Gasteiger partial charge is 0.486 e. The summed E-state index contributed by atoms with van der Waals surface area (Å²) < 4.78 is 25.2. The van der Waals surface area contributed by atoms with Crippen LogP contribution in [-0.2, 0) is 0 Å². The first kappa shape index (κ1) is 14.4. The number of hydrogen-bond acceptors (Lipinski definition) is 3. The van der Waals surface area contributed by atoms with Crippen LogP contribution in [0.3, 0.4) is 0 Å². The minimum Gasteiger partial charge on any atom is -0.486 e. The third-order valence-electron chi connectivity index (χ3n) is 3.34. The molecular weight excluding hydrogens is 339 g/mol. The Morgan fingerprint density at radius 2 is 1.76 bits per heavy atom. The fraction of sp³-hybridized carbons (Fsp3) is 0.250. The van der Waals surface area contributed by atoms with Crippen molar-refractivity contribution in [1.29, 1.82) is 0 Å². The van der Waals surface area contributed by atoms with Crippen LogP contribution in [0.2, 0.25) is 0 Å². The fourth-order valence-electron chi connectivity index (χ4n) is 2.39. The SMILES string of the molecule is Cc1cc(F)cc(C(O)c2cc3c(cc2Br)OCCO3)c1. The van der Waals surface area contributed by atoms with E-state index in [2.05, 4.69) is 15.9 Å². The van der Waals surface area contributed by atoms with Gasteiger partial charge in [0.05, 0.1) is 0 Å². The molecule has 0 fully saturated rings. The molecule has 1 aliphatic heterocycles. The lowest BCUT2D eigenvalue weighted by Crippen LogP contribution is -2.16. The summed E-state index contributed by atoms with van der Waals surface area (Å²) in [7, 11) is 0. The van der Waals surface area contributed by atoms with E-state index in [4.69, 9.17) is 9.47 Å². The number of fused-ring (bicyclic) bond motifs is 1. The summed E-state index contributed by atoms with van der Waals surface area (Å²) in [6.07, 6.45) is -0.940. The number of halogens is 2. The Bertz CT molecular complexity index is 667. The van der Waals surface area contributed by atoms with Gasteiger partial charge in [0.1, 0.15) is 25.1 Å². The van der Waals surface area contributed by atoms with Gasteiger partial charge in [-0.25, -0.2) is 4.39 Å². The van der Waals surface area contributed by atoms with E-state index in [0.717, 1.165) is 5.56 Å². The molecule has 2 aromatic rings. The van der Waals surface area contributed by atoms with Gasteiger partial charge in [0.15, 0.2) is 11.5 Å². The van der Waals surface area contributed by atoms with Crippen molar-refractivity contribution in [1.82, 2.24) is 0 Å². The molecule has 0 amide bonds. The highest BCUT2D eigenvalue weighted by Crippen LogP contribution is 2.39. The number of aryl methyl sites for hydroxylation is 1. The van der Waals surface area contributed by atoms with Gasteiger partial charge < -0.3 is 14.6 Å². The molecule has 1 atom stereocenters. The Hall–Kier alpha value is -1.59. The third kappa shape index (κ3) is 2.89. The number of aliphatic hydroxyl groups is 1. The molecule has 3 rings (SSSR count). The number of hydrogen-bond donors (Lipinski definition) is 1. The van der Waals surface area contributed by atoms with Crippen molar-refractivity contribution in [3.63, 3.8) is 0 Å². The van der Waals surface area contributed by atoms with E-state index in [0.29, 0.717) is 40.3 Å². The number of rotatable bonds is 2. The Labute approximate surface area is 130 Å². The second kappa shape index (κ2) is 5.66. The van der Waals surface area contributed by atoms with Crippen LogP contribution in [0.5, 0.6) is 11.5 Å². The van der Waals surface area contributed by atoms with Crippen molar-refractivity contribution < 1.29 is 19.0 Å². The summed E-state index contributed by atoms with van der Waals surface area (Å²) in [6.45, 7) is 2.77. The van der Waals surface area contributed by atoms with Gasteiger partial charge in [-0.2, -0.15) is 0 Å². The molecule has 1 N–H and O–H groups in total. The third-order valence-corrected chi connectivity index (χ3v) is 4.02. The average Bonchev–Trinajstić information content (AvgIpc) is 2.44. The predicted octanol–water partition coefficient (Wildman–Crippen LogP) is 3.75. The van der Waals surface area contributed by atoms with E-state index < -0.39 is 6.10 Å². The van der Waals surface area contributed by atoms with Crippen LogP contribution in [0.15, 0.2) is 34.8 Å². The highest BCUT2D eigenvalue weighted by atomic mass is 79.9. The smallest absolute Gasteiger partial charge is 0.162 e. The number of benzene rings is 2. The standard InChI is InChI=1S/C16H14BrFO3/c1-9-4-10(6-11(18)5-9)16(19)12-7-14-15(8-13(12)17)21-3-2-20-14/h4-8,16,19H,2-3H2,1H3. The second-order valence-electron chi connectivity index (χ2n) is 4.98. The summed E-state index contributed by atoms with van der Waals surface area (Å²) in [6, 6.07) is 8.01. The van der Waals surface area contributed by atoms with Crippen LogP contribution in [0.25, 0.3) is 0 Å². The molecule has 0 bridgehead atoms. The van der Waals surface area contributed by atoms with Gasteiger partial charge in [-0.05, 0) is 42.3 Å². The minimum absolute atomic E-state index is 0.363. The molecule has 1 unspecified atom stereocenters. The van der Waals surface area contributed by atoms with Crippen LogP contribution in [0.1, 0.15) is 22.8 Å². The van der Waals surface area contributed by atoms with Crippen molar-refractivity contribution in [3.05, 3.63) is 57.3 Å². The van der Waals surface area contributed by atoms with Crippen LogP contribution in [0.4, 0.5) is 4.39 Å². The summed E-state index contributed by atoms with van der Waals surface area (Å²) in [4.78, 5) is 0. The van der Waals surface area contributed by atoms with Crippen LogP contribution in [-0.4, -0.2) is 18.3 Å². The van der Waals surface area contributed by atoms with E-state index in [1.54, 1.807) is 25.1 Å². The average molecular weight is 353 g/mol. The van der Waals surface area contributed by atoms with Crippen molar-refractivity contribution in [2.75, 3.05) is 13.2 Å². The monoisotopic (exact) mass is 352 g/mol. The topological polar surface area (TPSA) is 38.7 Å². The summed E-state index contributed by atoms with van der Waals surface area (Å²) >= 11 is 3.42. The van der Waals surface area contributed by atoms with Gasteiger partial charge in [0.25, 0.3) is 0 Å². The molecule has 3 nitrogen and oxygen atoms in total. The van der Waals surface area contributed by atoms with Crippen LogP contribution in [0, 0.1) is 12.7 Å². The van der Waals surface area contributed by atoms with Crippen LogP contribution < -0.4 is 9.47 Å². The lowest BCUT2D eigenvalue weighted by Gasteiger charge is -2.22. The molecule has 21 heavy (non-hydrogen) atoms. The molecule has 5 heteroatoms. The zero-order valence-electron chi connectivity index (χ0n) is 11.4. The van der Waals surface area contributed by atoms with Gasteiger partial charge in [-0.15, -0.1) is 0 Å². The summed E-state index contributed by atoms with van der Waals surface area (Å²) in [5, 5.41) is 10.5. The van der Waals surface area contributed by atoms with Crippen LogP contribution >= 0.6 is 15.9 Å². The fourth-order valence-corrected chi connectivity index (χ4v) is 2.93. The minimum atomic E-state index is -0.940. The summed E-state index contributed by atoms with van der Waals surface area (Å²) in [5.41, 5.74) is 1.88. The Kier molecular flexibility index (Phi) is 3.87. The first-order chi connectivity index (χ1) is 10.0. The van der Waals surface area contributed by atoms with Gasteiger partial charge in [-0.1, -0.05) is 22.0 Å².